The molecule has 1 aromatic carbocycles. The number of nitrogens with zero attached hydrogens (tertiary/aromatic N) is 1. The van der Waals surface area contributed by atoms with Gasteiger partial charge >= 0.3 is 0 Å². The molecular formula is C21H27ClFN5O3. The van der Waals surface area contributed by atoms with Crippen LogP contribution >= 0.6 is 11.6 Å². The smallest absolute Gasteiger partial charge is 0.258 e. The third-order valence-corrected chi connectivity index (χ3v) is 7.20. The first-order valence-electron chi connectivity index (χ1n) is 10.8. The van der Waals surface area contributed by atoms with Crippen LogP contribution in [0.1, 0.15) is 25.7 Å². The molecule has 1 aromatic rings. The number of ether oxygens (including phenoxy) is 1. The number of hydrogen-bond donors (Lipinski definition) is 4. The normalized spacial score (nSPS) is 34.0. The van der Waals surface area contributed by atoms with Gasteiger partial charge in [-0.25, -0.2) is 4.39 Å². The molecule has 10 heteroatoms. The molecule has 2 bridgehead atoms. The van der Waals surface area contributed by atoms with Gasteiger partial charge in [-0.3, -0.25) is 25.1 Å². The number of nitrogens with one attached hydrogen (secondary N) is 4. The van der Waals surface area contributed by atoms with E-state index in [0.29, 0.717) is 12.5 Å². The van der Waals surface area contributed by atoms with Crippen molar-refractivity contribution in [2.45, 2.75) is 49.6 Å². The van der Waals surface area contributed by atoms with Crippen LogP contribution < -0.4 is 26.0 Å². The van der Waals surface area contributed by atoms with E-state index in [9.17, 15) is 14.0 Å². The van der Waals surface area contributed by atoms with Crippen molar-refractivity contribution in [2.75, 3.05) is 26.2 Å². The highest BCUT2D eigenvalue weighted by Crippen LogP contribution is 2.52. The molecule has 2 heterocycles. The summed E-state index contributed by atoms with van der Waals surface area (Å²) >= 11 is 5.65. The highest BCUT2D eigenvalue weighted by molar-refractivity contribution is 6.30. The van der Waals surface area contributed by atoms with Gasteiger partial charge in [-0.1, -0.05) is 11.6 Å². The maximum absolute atomic E-state index is 13.5. The lowest BCUT2D eigenvalue weighted by Crippen LogP contribution is -2.54. The Morgan fingerprint density at radius 1 is 1.32 bits per heavy atom. The first kappa shape index (κ1) is 20.9. The third-order valence-electron chi connectivity index (χ3n) is 6.90. The van der Waals surface area contributed by atoms with Crippen LogP contribution in [0.15, 0.2) is 18.2 Å². The summed E-state index contributed by atoms with van der Waals surface area (Å²) in [7, 11) is 0. The number of hydrogen-bond acceptors (Lipinski definition) is 6. The predicted molar refractivity (Wildman–Crippen MR) is 112 cm³/mol. The van der Waals surface area contributed by atoms with Crippen LogP contribution in [0, 0.1) is 11.7 Å². The second-order valence-electron chi connectivity index (χ2n) is 9.11. The molecular weight excluding hydrogens is 425 g/mol. The largest absolute Gasteiger partial charge is 0.484 e. The minimum absolute atomic E-state index is 0.00950. The van der Waals surface area contributed by atoms with Crippen molar-refractivity contribution in [3.63, 3.8) is 0 Å². The van der Waals surface area contributed by atoms with Gasteiger partial charge in [0, 0.05) is 30.7 Å². The summed E-state index contributed by atoms with van der Waals surface area (Å²) in [5.74, 6) is -0.160. The number of benzene rings is 1. The van der Waals surface area contributed by atoms with Crippen LogP contribution in [0.2, 0.25) is 5.02 Å². The predicted octanol–water partition coefficient (Wildman–Crippen LogP) is 0.562. The lowest BCUT2D eigenvalue weighted by Gasteiger charge is -2.39. The maximum Gasteiger partial charge on any atom is 0.258 e. The molecule has 2 unspecified atom stereocenters. The Labute approximate surface area is 185 Å². The summed E-state index contributed by atoms with van der Waals surface area (Å²) in [6.07, 6.45) is 3.61. The Morgan fingerprint density at radius 2 is 2.16 bits per heavy atom. The quantitative estimate of drug-likeness (QED) is 0.505. The van der Waals surface area contributed by atoms with Gasteiger partial charge in [-0.2, -0.15) is 0 Å². The van der Waals surface area contributed by atoms with Crippen molar-refractivity contribution in [3.05, 3.63) is 29.0 Å². The molecule has 8 nitrogen and oxygen atoms in total. The number of fused-ring (bicyclic) bond motifs is 2. The number of amides is 2. The Morgan fingerprint density at radius 3 is 2.94 bits per heavy atom. The topological polar surface area (TPSA) is 94.7 Å². The van der Waals surface area contributed by atoms with Gasteiger partial charge in [0.25, 0.3) is 5.91 Å². The summed E-state index contributed by atoms with van der Waals surface area (Å²) in [6, 6.07) is 3.94. The van der Waals surface area contributed by atoms with Crippen molar-refractivity contribution in [2.24, 2.45) is 5.92 Å². The molecule has 31 heavy (non-hydrogen) atoms. The van der Waals surface area contributed by atoms with E-state index in [1.807, 2.05) is 0 Å². The summed E-state index contributed by atoms with van der Waals surface area (Å²) < 4.78 is 18.9. The molecule has 0 spiro atoms. The third kappa shape index (κ3) is 4.24. The summed E-state index contributed by atoms with van der Waals surface area (Å²) in [5, 5.41) is 13.0. The van der Waals surface area contributed by atoms with Gasteiger partial charge in [-0.15, -0.1) is 0 Å². The molecule has 5 aliphatic rings. The zero-order valence-corrected chi connectivity index (χ0v) is 17.9. The molecule has 168 valence electrons. The SMILES string of the molecule is O=C(COc1ccc(Cl)c(F)c1)NC12CC(C1)[C@@H](NC(=O)C1CN3CCCNC3N1)C2. The van der Waals surface area contributed by atoms with Gasteiger partial charge in [-0.05, 0) is 50.3 Å². The Balaban J connectivity index is 1.09. The first-order valence-corrected chi connectivity index (χ1v) is 11.2. The fraction of sp³-hybridized carbons (Fsp3) is 0.619. The minimum atomic E-state index is -0.585. The average molecular weight is 452 g/mol. The lowest BCUT2D eigenvalue weighted by molar-refractivity contribution is -0.126. The van der Waals surface area contributed by atoms with Crippen LogP contribution in [-0.2, 0) is 9.59 Å². The van der Waals surface area contributed by atoms with E-state index in [4.69, 9.17) is 16.3 Å². The summed E-state index contributed by atoms with van der Waals surface area (Å²) in [4.78, 5) is 27.4. The van der Waals surface area contributed by atoms with E-state index >= 15 is 0 Å². The second kappa shape index (κ2) is 8.20. The van der Waals surface area contributed by atoms with Crippen molar-refractivity contribution in [1.29, 1.82) is 0 Å². The van der Waals surface area contributed by atoms with Gasteiger partial charge in [0.15, 0.2) is 6.61 Å². The number of carbonyl (C=O) groups is 2. The Hall–Kier alpha value is -1.94. The maximum atomic E-state index is 13.5. The van der Waals surface area contributed by atoms with Crippen molar-refractivity contribution in [1.82, 2.24) is 26.2 Å². The van der Waals surface area contributed by atoms with E-state index in [-0.39, 0.29) is 53.1 Å². The highest BCUT2D eigenvalue weighted by Gasteiger charge is 2.57. The number of carbonyl (C=O) groups excluding carboxylic acids is 2. The molecule has 5 fully saturated rings. The first-order chi connectivity index (χ1) is 14.9. The molecule has 4 N–H and O–H groups in total. The molecule has 6 rings (SSSR count). The molecule has 3 saturated carbocycles. The van der Waals surface area contributed by atoms with E-state index in [1.54, 1.807) is 0 Å². The fourth-order valence-corrected chi connectivity index (χ4v) is 5.53. The molecule has 2 aliphatic heterocycles. The number of halogens is 2. The van der Waals surface area contributed by atoms with E-state index in [0.717, 1.165) is 44.8 Å². The van der Waals surface area contributed by atoms with E-state index in [1.165, 1.54) is 12.1 Å². The standard InChI is InChI=1S/C21H27ClFN5O3/c22-14-3-2-13(6-15(14)23)31-11-18(29)27-21-7-12(8-21)16(9-21)25-19(30)17-10-28-5-1-4-24-20(28)26-17/h2-3,6,12,16-17,20,24,26H,1,4-5,7-11H2,(H,25,30)(H,27,29)/t12?,16-,17?,20?,21?/m0/s1. The minimum Gasteiger partial charge on any atom is -0.484 e. The zero-order valence-electron chi connectivity index (χ0n) is 17.1. The van der Waals surface area contributed by atoms with Crippen LogP contribution in [-0.4, -0.2) is 66.9 Å². The van der Waals surface area contributed by atoms with Crippen LogP contribution in [0.4, 0.5) is 4.39 Å². The summed E-state index contributed by atoms with van der Waals surface area (Å²) in [5.41, 5.74) is -0.281. The molecule has 2 saturated heterocycles. The Kier molecular flexibility index (Phi) is 5.54. The van der Waals surface area contributed by atoms with Gasteiger partial charge < -0.3 is 15.4 Å². The Bertz CT molecular complexity index is 867. The van der Waals surface area contributed by atoms with Gasteiger partial charge in [0.05, 0.1) is 5.02 Å². The average Bonchev–Trinajstić information content (AvgIpc) is 3.39. The van der Waals surface area contributed by atoms with Gasteiger partial charge in [0.1, 0.15) is 23.9 Å². The molecule has 3 atom stereocenters. The van der Waals surface area contributed by atoms with Crippen molar-refractivity contribution >= 4 is 23.4 Å². The molecule has 2 amide bonds. The lowest BCUT2D eigenvalue weighted by atomic mass is 9.76. The highest BCUT2D eigenvalue weighted by atomic mass is 35.5. The van der Waals surface area contributed by atoms with Crippen LogP contribution in [0.5, 0.6) is 5.75 Å². The molecule has 0 aromatic heterocycles. The van der Waals surface area contributed by atoms with Crippen molar-refractivity contribution in [3.8, 4) is 5.75 Å². The van der Waals surface area contributed by atoms with Crippen LogP contribution in [0.3, 0.4) is 0 Å². The van der Waals surface area contributed by atoms with Gasteiger partial charge in [0.2, 0.25) is 5.91 Å². The summed E-state index contributed by atoms with van der Waals surface area (Å²) in [6.45, 7) is 2.48. The van der Waals surface area contributed by atoms with E-state index in [2.05, 4.69) is 26.2 Å². The number of rotatable bonds is 6. The van der Waals surface area contributed by atoms with Crippen LogP contribution in [0.25, 0.3) is 0 Å². The fourth-order valence-electron chi connectivity index (χ4n) is 5.41. The molecule has 0 radical (unpaired) electrons. The zero-order chi connectivity index (χ0) is 21.6. The molecule has 3 aliphatic carbocycles. The van der Waals surface area contributed by atoms with E-state index < -0.39 is 5.82 Å². The second-order valence-corrected chi connectivity index (χ2v) is 9.51. The van der Waals surface area contributed by atoms with Crippen molar-refractivity contribution < 1.29 is 18.7 Å². The monoisotopic (exact) mass is 451 g/mol.